The fourth-order valence-corrected chi connectivity index (χ4v) is 1.46. The number of hydrogen-bond donors (Lipinski definition) is 1. The molecule has 0 amide bonds. The van der Waals surface area contributed by atoms with Gasteiger partial charge in [-0.15, -0.1) is 0 Å². The maximum Gasteiger partial charge on any atom is 0.153 e. The summed E-state index contributed by atoms with van der Waals surface area (Å²) < 4.78 is 1.59. The molecule has 0 aliphatic heterocycles. The third-order valence-electron chi connectivity index (χ3n) is 2.38. The van der Waals surface area contributed by atoms with Gasteiger partial charge in [0.05, 0.1) is 22.9 Å². The van der Waals surface area contributed by atoms with Crippen LogP contribution in [0.5, 0.6) is 0 Å². The van der Waals surface area contributed by atoms with Gasteiger partial charge in [0, 0.05) is 11.8 Å². The molecule has 15 heavy (non-hydrogen) atoms. The van der Waals surface area contributed by atoms with Gasteiger partial charge in [-0.1, -0.05) is 6.07 Å². The summed E-state index contributed by atoms with van der Waals surface area (Å²) in [7, 11) is 0. The number of fused-ring (bicyclic) bond motifs is 1. The van der Waals surface area contributed by atoms with Gasteiger partial charge in [0.15, 0.2) is 6.29 Å². The van der Waals surface area contributed by atoms with Gasteiger partial charge in [-0.3, -0.25) is 4.79 Å². The standard InChI is InChI=1S/C11H12N2O2/c1-11(2,15)9-3-4-10-8(7-14)5-12-13(10)6-9/h3-7,15H,1-2H3. The zero-order valence-corrected chi connectivity index (χ0v) is 8.64. The first-order valence-corrected chi connectivity index (χ1v) is 4.68. The molecule has 2 aromatic rings. The molecule has 2 aromatic heterocycles. The summed E-state index contributed by atoms with van der Waals surface area (Å²) >= 11 is 0. The van der Waals surface area contributed by atoms with Crippen molar-refractivity contribution in [1.82, 2.24) is 9.61 Å². The number of nitrogens with zero attached hydrogens (tertiary/aromatic N) is 2. The fourth-order valence-electron chi connectivity index (χ4n) is 1.46. The topological polar surface area (TPSA) is 54.6 Å². The van der Waals surface area contributed by atoms with Crippen molar-refractivity contribution in [2.75, 3.05) is 0 Å². The number of rotatable bonds is 2. The largest absolute Gasteiger partial charge is 0.386 e. The second-order valence-corrected chi connectivity index (χ2v) is 4.02. The predicted molar refractivity (Wildman–Crippen MR) is 55.8 cm³/mol. The zero-order chi connectivity index (χ0) is 11.1. The van der Waals surface area contributed by atoms with Crippen LogP contribution in [0.15, 0.2) is 24.5 Å². The number of carbonyl (C=O) groups excluding carboxylic acids is 1. The minimum atomic E-state index is -0.901. The maximum absolute atomic E-state index is 10.7. The summed E-state index contributed by atoms with van der Waals surface area (Å²) in [5.41, 5.74) is 1.16. The first-order valence-electron chi connectivity index (χ1n) is 4.68. The van der Waals surface area contributed by atoms with Crippen LogP contribution in [0.1, 0.15) is 29.8 Å². The lowest BCUT2D eigenvalue weighted by atomic mass is 10.0. The van der Waals surface area contributed by atoms with Crippen LogP contribution < -0.4 is 0 Å². The highest BCUT2D eigenvalue weighted by atomic mass is 16.3. The summed E-state index contributed by atoms with van der Waals surface area (Å²) in [6, 6.07) is 3.58. The Kier molecular flexibility index (Phi) is 2.08. The Bertz CT molecular complexity index is 509. The van der Waals surface area contributed by atoms with Crippen molar-refractivity contribution < 1.29 is 9.90 Å². The Morgan fingerprint density at radius 1 is 1.47 bits per heavy atom. The van der Waals surface area contributed by atoms with Crippen LogP contribution in [-0.2, 0) is 5.60 Å². The smallest absolute Gasteiger partial charge is 0.153 e. The normalized spacial score (nSPS) is 11.9. The number of carbonyl (C=O) groups is 1. The van der Waals surface area contributed by atoms with Gasteiger partial charge in [-0.05, 0) is 19.9 Å². The quantitative estimate of drug-likeness (QED) is 0.752. The lowest BCUT2D eigenvalue weighted by Crippen LogP contribution is -2.16. The molecular weight excluding hydrogens is 192 g/mol. The minimum Gasteiger partial charge on any atom is -0.386 e. The van der Waals surface area contributed by atoms with Crippen molar-refractivity contribution in [3.63, 3.8) is 0 Å². The van der Waals surface area contributed by atoms with E-state index in [1.165, 1.54) is 6.20 Å². The van der Waals surface area contributed by atoms with Crippen molar-refractivity contribution in [1.29, 1.82) is 0 Å². The summed E-state index contributed by atoms with van der Waals surface area (Å²) in [6.07, 6.45) is 4.00. The van der Waals surface area contributed by atoms with Crippen LogP contribution >= 0.6 is 0 Å². The van der Waals surface area contributed by atoms with Crippen LogP contribution in [0.4, 0.5) is 0 Å². The maximum atomic E-state index is 10.7. The molecule has 0 atom stereocenters. The SMILES string of the molecule is CC(C)(O)c1ccc2c(C=O)cnn2c1. The van der Waals surface area contributed by atoms with E-state index >= 15 is 0 Å². The molecule has 0 aromatic carbocycles. The van der Waals surface area contributed by atoms with E-state index in [4.69, 9.17) is 0 Å². The Morgan fingerprint density at radius 3 is 2.80 bits per heavy atom. The molecule has 4 heteroatoms. The lowest BCUT2D eigenvalue weighted by molar-refractivity contribution is 0.0780. The van der Waals surface area contributed by atoms with E-state index in [1.807, 2.05) is 0 Å². The number of hydrogen-bond acceptors (Lipinski definition) is 3. The third kappa shape index (κ3) is 1.64. The Morgan fingerprint density at radius 2 is 2.20 bits per heavy atom. The van der Waals surface area contributed by atoms with Crippen molar-refractivity contribution in [2.24, 2.45) is 0 Å². The molecule has 2 rings (SSSR count). The number of aromatic nitrogens is 2. The first-order chi connectivity index (χ1) is 7.02. The van der Waals surface area contributed by atoms with E-state index in [0.29, 0.717) is 5.56 Å². The molecule has 0 radical (unpaired) electrons. The molecule has 1 N–H and O–H groups in total. The Hall–Kier alpha value is -1.68. The highest BCUT2D eigenvalue weighted by molar-refractivity contribution is 5.85. The van der Waals surface area contributed by atoms with Gasteiger partial charge in [0.25, 0.3) is 0 Å². The molecule has 0 aliphatic rings. The van der Waals surface area contributed by atoms with Crippen LogP contribution in [0.25, 0.3) is 5.52 Å². The van der Waals surface area contributed by atoms with Gasteiger partial charge in [-0.25, -0.2) is 4.52 Å². The van der Waals surface area contributed by atoms with E-state index in [2.05, 4.69) is 5.10 Å². The highest BCUT2D eigenvalue weighted by Crippen LogP contribution is 2.20. The molecule has 0 saturated heterocycles. The predicted octanol–water partition coefficient (Wildman–Crippen LogP) is 1.37. The first kappa shape index (κ1) is 9.86. The molecule has 0 fully saturated rings. The average Bonchev–Trinajstić information content (AvgIpc) is 2.58. The molecule has 0 bridgehead atoms. The monoisotopic (exact) mass is 204 g/mol. The van der Waals surface area contributed by atoms with Crippen LogP contribution in [-0.4, -0.2) is 21.0 Å². The molecule has 0 aliphatic carbocycles. The van der Waals surface area contributed by atoms with Gasteiger partial charge in [0.2, 0.25) is 0 Å². The third-order valence-corrected chi connectivity index (χ3v) is 2.38. The summed E-state index contributed by atoms with van der Waals surface area (Å²) in [6.45, 7) is 3.41. The zero-order valence-electron chi connectivity index (χ0n) is 8.64. The van der Waals surface area contributed by atoms with E-state index in [0.717, 1.165) is 17.4 Å². The van der Waals surface area contributed by atoms with Crippen LogP contribution in [0.3, 0.4) is 0 Å². The van der Waals surface area contributed by atoms with Gasteiger partial charge in [0.1, 0.15) is 0 Å². The van der Waals surface area contributed by atoms with Gasteiger partial charge < -0.3 is 5.11 Å². The molecular formula is C11H12N2O2. The van der Waals surface area contributed by atoms with E-state index < -0.39 is 5.60 Å². The van der Waals surface area contributed by atoms with Crippen molar-refractivity contribution in [3.05, 3.63) is 35.7 Å². The second-order valence-electron chi connectivity index (χ2n) is 4.02. The number of aliphatic hydroxyl groups is 1. The summed E-state index contributed by atoms with van der Waals surface area (Å²) in [5.74, 6) is 0. The molecule has 78 valence electrons. The highest BCUT2D eigenvalue weighted by Gasteiger charge is 2.16. The van der Waals surface area contributed by atoms with Crippen molar-refractivity contribution >= 4 is 11.8 Å². The van der Waals surface area contributed by atoms with Crippen molar-refractivity contribution in [2.45, 2.75) is 19.4 Å². The molecule has 4 nitrogen and oxygen atoms in total. The second kappa shape index (κ2) is 3.17. The number of aldehydes is 1. The summed E-state index contributed by atoms with van der Waals surface area (Å²) in [4.78, 5) is 10.7. The Labute approximate surface area is 87.2 Å². The fraction of sp³-hybridized carbons (Fsp3) is 0.273. The van der Waals surface area contributed by atoms with Gasteiger partial charge >= 0.3 is 0 Å². The Balaban J connectivity index is 2.63. The van der Waals surface area contributed by atoms with E-state index in [9.17, 15) is 9.90 Å². The summed E-state index contributed by atoms with van der Waals surface area (Å²) in [5, 5.41) is 13.8. The number of pyridine rings is 1. The molecule has 0 spiro atoms. The van der Waals surface area contributed by atoms with Gasteiger partial charge in [-0.2, -0.15) is 5.10 Å². The molecule has 0 unspecified atom stereocenters. The van der Waals surface area contributed by atoms with Crippen LogP contribution in [0.2, 0.25) is 0 Å². The van der Waals surface area contributed by atoms with Crippen molar-refractivity contribution in [3.8, 4) is 0 Å². The molecule has 2 heterocycles. The van der Waals surface area contributed by atoms with E-state index in [1.54, 1.807) is 36.7 Å². The molecule has 0 saturated carbocycles. The lowest BCUT2D eigenvalue weighted by Gasteiger charge is -2.17. The average molecular weight is 204 g/mol. The van der Waals surface area contributed by atoms with E-state index in [-0.39, 0.29) is 0 Å². The minimum absolute atomic E-state index is 0.553. The van der Waals surface area contributed by atoms with Crippen LogP contribution in [0, 0.1) is 0 Å².